The number of rotatable bonds is 1. The number of anilines is 1. The molecule has 0 aliphatic carbocycles. The van der Waals surface area contributed by atoms with Crippen molar-refractivity contribution >= 4 is 29.1 Å². The zero-order valence-electron chi connectivity index (χ0n) is 9.89. The highest BCUT2D eigenvalue weighted by molar-refractivity contribution is 5.95. The number of aromatic nitrogens is 2. The molecule has 94 valence electrons. The average molecular weight is 248 g/mol. The fourth-order valence-corrected chi connectivity index (χ4v) is 1.68. The van der Waals surface area contributed by atoms with E-state index in [0.29, 0.717) is 11.0 Å². The molecule has 3 N–H and O–H groups in total. The second kappa shape index (κ2) is 4.36. The number of carbonyl (C=O) groups excluding carboxylic acids is 1. The Morgan fingerprint density at radius 3 is 2.72 bits per heavy atom. The van der Waals surface area contributed by atoms with E-state index in [0.717, 1.165) is 5.56 Å². The van der Waals surface area contributed by atoms with Gasteiger partial charge in [-0.3, -0.25) is 5.32 Å². The number of benzene rings is 1. The first kappa shape index (κ1) is 11.9. The number of aryl methyl sites for hydroxylation is 1. The van der Waals surface area contributed by atoms with E-state index in [4.69, 9.17) is 5.11 Å². The average Bonchev–Trinajstić information content (AvgIpc) is 2.64. The summed E-state index contributed by atoms with van der Waals surface area (Å²) in [5, 5.41) is 13.3. The van der Waals surface area contributed by atoms with Gasteiger partial charge in [-0.2, -0.15) is 0 Å². The van der Waals surface area contributed by atoms with E-state index in [9.17, 15) is 9.59 Å². The van der Waals surface area contributed by atoms with E-state index in [1.165, 1.54) is 11.6 Å². The number of hydrogen-bond donors (Lipinski definition) is 3. The minimum absolute atomic E-state index is 0.0255. The zero-order chi connectivity index (χ0) is 13.3. The lowest BCUT2D eigenvalue weighted by molar-refractivity contribution is 0.209. The predicted molar refractivity (Wildman–Crippen MR) is 66.0 cm³/mol. The largest absolute Gasteiger partial charge is 0.465 e. The topological polar surface area (TPSA) is 96.2 Å². The lowest BCUT2D eigenvalue weighted by atomic mass is 10.2. The Balaban J connectivity index is 2.69. The van der Waals surface area contributed by atoms with E-state index < -0.39 is 12.1 Å². The number of imidazole rings is 1. The number of carboxylic acid groups (broad SMARTS) is 1. The molecule has 0 saturated carbocycles. The third kappa shape index (κ3) is 1.97. The lowest BCUT2D eigenvalue weighted by Crippen LogP contribution is -2.26. The minimum Gasteiger partial charge on any atom is -0.465 e. The van der Waals surface area contributed by atoms with Gasteiger partial charge in [0.1, 0.15) is 0 Å². The van der Waals surface area contributed by atoms with Gasteiger partial charge in [0, 0.05) is 7.05 Å². The Hall–Kier alpha value is -2.57. The highest BCUT2D eigenvalue weighted by Crippen LogP contribution is 2.20. The summed E-state index contributed by atoms with van der Waals surface area (Å²) in [6.45, 7) is 1.88. The first-order valence-corrected chi connectivity index (χ1v) is 5.24. The van der Waals surface area contributed by atoms with Crippen LogP contribution in [0.2, 0.25) is 0 Å². The molecule has 0 fully saturated rings. The minimum atomic E-state index is -1.27. The van der Waals surface area contributed by atoms with E-state index >= 15 is 0 Å². The summed E-state index contributed by atoms with van der Waals surface area (Å²) in [4.78, 5) is 26.5. The predicted octanol–water partition coefficient (Wildman–Crippen LogP) is 1.62. The fourth-order valence-electron chi connectivity index (χ4n) is 1.68. The summed E-state index contributed by atoms with van der Waals surface area (Å²) >= 11 is 0. The van der Waals surface area contributed by atoms with Gasteiger partial charge in [-0.1, -0.05) is 6.07 Å². The van der Waals surface area contributed by atoms with Crippen LogP contribution in [0.15, 0.2) is 18.2 Å². The Morgan fingerprint density at radius 2 is 2.11 bits per heavy atom. The summed E-state index contributed by atoms with van der Waals surface area (Å²) in [5.74, 6) is -0.0255. The molecule has 2 aromatic rings. The van der Waals surface area contributed by atoms with Crippen LogP contribution in [0, 0.1) is 6.92 Å². The van der Waals surface area contributed by atoms with Crippen molar-refractivity contribution in [3.63, 3.8) is 0 Å². The molecule has 0 radical (unpaired) electrons. The second-order valence-electron chi connectivity index (χ2n) is 3.75. The Morgan fingerprint density at radius 1 is 1.39 bits per heavy atom. The molecule has 2 amide bonds. The van der Waals surface area contributed by atoms with Crippen LogP contribution in [-0.4, -0.2) is 33.8 Å². The molecule has 0 aliphatic heterocycles. The lowest BCUT2D eigenvalue weighted by Gasteiger charge is -2.06. The molecule has 0 saturated heterocycles. The number of carbonyl (C=O) groups is 2. The molecule has 0 spiro atoms. The molecule has 0 unspecified atom stereocenters. The van der Waals surface area contributed by atoms with Crippen molar-refractivity contribution in [1.29, 1.82) is 0 Å². The van der Waals surface area contributed by atoms with E-state index in [2.05, 4.69) is 15.6 Å². The highest BCUT2D eigenvalue weighted by atomic mass is 16.4. The van der Waals surface area contributed by atoms with Crippen molar-refractivity contribution in [2.45, 2.75) is 6.92 Å². The second-order valence-corrected chi connectivity index (χ2v) is 3.75. The van der Waals surface area contributed by atoms with E-state index in [-0.39, 0.29) is 5.95 Å². The van der Waals surface area contributed by atoms with Gasteiger partial charge in [0.25, 0.3) is 0 Å². The number of amides is 2. The Labute approximate surface area is 102 Å². The summed E-state index contributed by atoms with van der Waals surface area (Å²) in [6, 6.07) is 4.89. The van der Waals surface area contributed by atoms with Crippen molar-refractivity contribution < 1.29 is 14.7 Å². The number of nitrogens with one attached hydrogen (secondary N) is 2. The normalized spacial score (nSPS) is 10.3. The molecule has 7 nitrogen and oxygen atoms in total. The molecule has 1 aromatic carbocycles. The summed E-state index contributed by atoms with van der Waals surface area (Å²) < 4.78 is 1.19. The van der Waals surface area contributed by atoms with Crippen LogP contribution in [-0.2, 0) is 0 Å². The third-order valence-electron chi connectivity index (χ3n) is 2.45. The van der Waals surface area contributed by atoms with Crippen LogP contribution in [0.25, 0.3) is 11.0 Å². The van der Waals surface area contributed by atoms with Crippen molar-refractivity contribution in [3.8, 4) is 0 Å². The summed E-state index contributed by atoms with van der Waals surface area (Å²) in [7, 11) is 1.47. The summed E-state index contributed by atoms with van der Waals surface area (Å²) in [5.41, 5.74) is 2.06. The third-order valence-corrected chi connectivity index (χ3v) is 2.45. The standard InChI is InChI=1S/C11H12N4O3/c1-6-3-4-7-8(5-6)15(10(16)12-2)9(13-7)14-11(17)18/h3-5H,1-2H3,(H,12,16)(H,13,14)(H,17,18). The van der Waals surface area contributed by atoms with Crippen LogP contribution in [0.3, 0.4) is 0 Å². The van der Waals surface area contributed by atoms with Gasteiger partial charge in [0.15, 0.2) is 0 Å². The highest BCUT2D eigenvalue weighted by Gasteiger charge is 2.17. The van der Waals surface area contributed by atoms with Crippen molar-refractivity contribution in [2.24, 2.45) is 0 Å². The van der Waals surface area contributed by atoms with Crippen LogP contribution in [0.5, 0.6) is 0 Å². The van der Waals surface area contributed by atoms with Gasteiger partial charge in [-0.15, -0.1) is 0 Å². The molecule has 0 aliphatic rings. The molecular weight excluding hydrogens is 236 g/mol. The van der Waals surface area contributed by atoms with Gasteiger partial charge < -0.3 is 10.4 Å². The molecule has 7 heteroatoms. The van der Waals surface area contributed by atoms with Gasteiger partial charge in [0.05, 0.1) is 11.0 Å². The zero-order valence-corrected chi connectivity index (χ0v) is 9.89. The first-order chi connectivity index (χ1) is 8.52. The molecule has 0 bridgehead atoms. The van der Waals surface area contributed by atoms with Crippen LogP contribution in [0.1, 0.15) is 5.56 Å². The SMILES string of the molecule is CNC(=O)n1c(NC(=O)O)nc2ccc(C)cc21. The molecule has 18 heavy (non-hydrogen) atoms. The maximum absolute atomic E-state index is 11.8. The monoisotopic (exact) mass is 248 g/mol. The van der Waals surface area contributed by atoms with Gasteiger partial charge >= 0.3 is 12.1 Å². The van der Waals surface area contributed by atoms with Gasteiger partial charge in [-0.25, -0.2) is 19.1 Å². The van der Waals surface area contributed by atoms with Crippen molar-refractivity contribution in [3.05, 3.63) is 23.8 Å². The smallest absolute Gasteiger partial charge is 0.411 e. The molecule has 2 rings (SSSR count). The van der Waals surface area contributed by atoms with Crippen LogP contribution in [0.4, 0.5) is 15.5 Å². The number of hydrogen-bond acceptors (Lipinski definition) is 3. The van der Waals surface area contributed by atoms with Gasteiger partial charge in [0.2, 0.25) is 5.95 Å². The Kier molecular flexibility index (Phi) is 2.88. The fraction of sp³-hybridized carbons (Fsp3) is 0.182. The van der Waals surface area contributed by atoms with Crippen molar-refractivity contribution in [2.75, 3.05) is 12.4 Å². The molecule has 1 aromatic heterocycles. The first-order valence-electron chi connectivity index (χ1n) is 5.24. The van der Waals surface area contributed by atoms with E-state index in [1.807, 2.05) is 13.0 Å². The van der Waals surface area contributed by atoms with Crippen LogP contribution < -0.4 is 10.6 Å². The number of nitrogens with zero attached hydrogens (tertiary/aromatic N) is 2. The van der Waals surface area contributed by atoms with Gasteiger partial charge in [-0.05, 0) is 24.6 Å². The number of fused-ring (bicyclic) bond motifs is 1. The van der Waals surface area contributed by atoms with Crippen LogP contribution >= 0.6 is 0 Å². The quantitative estimate of drug-likeness (QED) is 0.714. The molecule has 1 heterocycles. The molecule has 0 atom stereocenters. The van der Waals surface area contributed by atoms with E-state index in [1.54, 1.807) is 12.1 Å². The van der Waals surface area contributed by atoms with Crippen molar-refractivity contribution in [1.82, 2.24) is 14.9 Å². The maximum atomic E-state index is 11.8. The summed E-state index contributed by atoms with van der Waals surface area (Å²) in [6.07, 6.45) is -1.27. The Bertz CT molecular complexity index is 632. The molecular formula is C11H12N4O3. The maximum Gasteiger partial charge on any atom is 0.411 e.